The molecule has 0 atom stereocenters. The van der Waals surface area contributed by atoms with Crippen molar-refractivity contribution in [2.45, 2.75) is 46.3 Å². The molecule has 5 heteroatoms. The van der Waals surface area contributed by atoms with Crippen LogP contribution in [-0.2, 0) is 9.53 Å². The van der Waals surface area contributed by atoms with E-state index in [-0.39, 0.29) is 18.5 Å². The van der Waals surface area contributed by atoms with Gasteiger partial charge in [0.15, 0.2) is 24.4 Å². The monoisotopic (exact) mass is 320 g/mol. The van der Waals surface area contributed by atoms with Crippen LogP contribution in [0, 0.1) is 0 Å². The lowest BCUT2D eigenvalue weighted by molar-refractivity contribution is -0.157. The van der Waals surface area contributed by atoms with Crippen molar-refractivity contribution in [3.05, 3.63) is 29.8 Å². The average molecular weight is 320 g/mol. The molecule has 0 amide bonds. The number of rotatable bonds is 7. The molecule has 0 bridgehead atoms. The van der Waals surface area contributed by atoms with Gasteiger partial charge in [-0.25, -0.2) is 4.79 Å². The van der Waals surface area contributed by atoms with E-state index in [1.165, 1.54) is 0 Å². The van der Waals surface area contributed by atoms with Gasteiger partial charge in [0.05, 0.1) is 11.7 Å². The minimum absolute atomic E-state index is 0.113. The molecule has 0 radical (unpaired) electrons. The SMILES string of the molecule is C=Cc1cc(C=O)c(OCC(=O)OC(C)(C)C)c(OC(C)C)c1. The normalized spacial score (nSPS) is 11.0. The van der Waals surface area contributed by atoms with Crippen molar-refractivity contribution >= 4 is 18.3 Å². The topological polar surface area (TPSA) is 61.8 Å². The maximum Gasteiger partial charge on any atom is 0.344 e. The number of hydrogen-bond donors (Lipinski definition) is 0. The van der Waals surface area contributed by atoms with Gasteiger partial charge >= 0.3 is 5.97 Å². The largest absolute Gasteiger partial charge is 0.487 e. The van der Waals surface area contributed by atoms with E-state index in [1.807, 2.05) is 13.8 Å². The summed E-state index contributed by atoms with van der Waals surface area (Å²) in [4.78, 5) is 23.1. The number of aldehydes is 1. The molecular formula is C18H24O5. The summed E-state index contributed by atoms with van der Waals surface area (Å²) >= 11 is 0. The molecule has 0 aliphatic heterocycles. The van der Waals surface area contributed by atoms with Gasteiger partial charge in [0.1, 0.15) is 5.60 Å². The van der Waals surface area contributed by atoms with Gasteiger partial charge in [-0.2, -0.15) is 0 Å². The van der Waals surface area contributed by atoms with E-state index in [0.29, 0.717) is 17.6 Å². The highest BCUT2D eigenvalue weighted by Crippen LogP contribution is 2.33. The number of benzene rings is 1. The first-order chi connectivity index (χ1) is 10.7. The summed E-state index contributed by atoms with van der Waals surface area (Å²) in [6, 6.07) is 3.34. The third-order valence-electron chi connectivity index (χ3n) is 2.59. The molecule has 0 aliphatic carbocycles. The lowest BCUT2D eigenvalue weighted by atomic mass is 10.1. The van der Waals surface area contributed by atoms with E-state index in [0.717, 1.165) is 5.56 Å². The van der Waals surface area contributed by atoms with E-state index in [9.17, 15) is 9.59 Å². The second kappa shape index (κ2) is 7.81. The first kappa shape index (κ1) is 18.7. The van der Waals surface area contributed by atoms with Crippen molar-refractivity contribution in [2.75, 3.05) is 6.61 Å². The Kier molecular flexibility index (Phi) is 6.37. The third-order valence-corrected chi connectivity index (χ3v) is 2.59. The second-order valence-electron chi connectivity index (χ2n) is 6.30. The molecule has 0 saturated heterocycles. The van der Waals surface area contributed by atoms with Crippen LogP contribution >= 0.6 is 0 Å². The predicted molar refractivity (Wildman–Crippen MR) is 89.0 cm³/mol. The molecule has 0 N–H and O–H groups in total. The summed E-state index contributed by atoms with van der Waals surface area (Å²) in [5.41, 5.74) is 0.423. The summed E-state index contributed by atoms with van der Waals surface area (Å²) in [6.07, 6.45) is 2.15. The lowest BCUT2D eigenvalue weighted by Crippen LogP contribution is -2.27. The van der Waals surface area contributed by atoms with Crippen molar-refractivity contribution in [3.8, 4) is 11.5 Å². The quantitative estimate of drug-likeness (QED) is 0.567. The molecule has 0 unspecified atom stereocenters. The van der Waals surface area contributed by atoms with Crippen LogP contribution in [0.15, 0.2) is 18.7 Å². The molecule has 1 rings (SSSR count). The fourth-order valence-corrected chi connectivity index (χ4v) is 1.85. The number of hydrogen-bond acceptors (Lipinski definition) is 5. The minimum Gasteiger partial charge on any atom is -0.487 e. The number of carbonyl (C=O) groups excluding carboxylic acids is 2. The Balaban J connectivity index is 3.05. The molecule has 23 heavy (non-hydrogen) atoms. The molecule has 0 heterocycles. The molecule has 0 fully saturated rings. The van der Waals surface area contributed by atoms with Crippen LogP contribution in [0.3, 0.4) is 0 Å². The summed E-state index contributed by atoms with van der Waals surface area (Å²) in [7, 11) is 0. The van der Waals surface area contributed by atoms with Crippen LogP contribution in [0.5, 0.6) is 11.5 Å². The third kappa shape index (κ3) is 6.14. The van der Waals surface area contributed by atoms with Gasteiger partial charge in [0.25, 0.3) is 0 Å². The first-order valence-electron chi connectivity index (χ1n) is 7.43. The summed E-state index contributed by atoms with van der Waals surface area (Å²) in [5, 5.41) is 0. The zero-order valence-electron chi connectivity index (χ0n) is 14.3. The van der Waals surface area contributed by atoms with Crippen molar-refractivity contribution in [2.24, 2.45) is 0 Å². The highest BCUT2D eigenvalue weighted by atomic mass is 16.6. The molecular weight excluding hydrogens is 296 g/mol. The first-order valence-corrected chi connectivity index (χ1v) is 7.43. The van der Waals surface area contributed by atoms with E-state index < -0.39 is 11.6 Å². The second-order valence-corrected chi connectivity index (χ2v) is 6.30. The Labute approximate surface area is 137 Å². The van der Waals surface area contributed by atoms with E-state index in [2.05, 4.69) is 6.58 Å². The van der Waals surface area contributed by atoms with Crippen molar-refractivity contribution in [1.82, 2.24) is 0 Å². The van der Waals surface area contributed by atoms with Gasteiger partial charge in [-0.1, -0.05) is 12.7 Å². The summed E-state index contributed by atoms with van der Waals surface area (Å²) in [5.74, 6) is 0.103. The van der Waals surface area contributed by atoms with Crippen LogP contribution in [0.25, 0.3) is 6.08 Å². The lowest BCUT2D eigenvalue weighted by Gasteiger charge is -2.21. The van der Waals surface area contributed by atoms with Gasteiger partial charge < -0.3 is 14.2 Å². The van der Waals surface area contributed by atoms with Crippen LogP contribution in [0.2, 0.25) is 0 Å². The molecule has 0 aliphatic rings. The molecule has 5 nitrogen and oxygen atoms in total. The van der Waals surface area contributed by atoms with Gasteiger partial charge in [0.2, 0.25) is 0 Å². The minimum atomic E-state index is -0.599. The molecule has 1 aromatic carbocycles. The van der Waals surface area contributed by atoms with Gasteiger partial charge in [-0.3, -0.25) is 4.79 Å². The van der Waals surface area contributed by atoms with E-state index in [4.69, 9.17) is 14.2 Å². The molecule has 1 aromatic rings. The zero-order chi connectivity index (χ0) is 17.6. The number of esters is 1. The van der Waals surface area contributed by atoms with Gasteiger partial charge in [0, 0.05) is 0 Å². The Morgan fingerprint density at radius 3 is 2.43 bits per heavy atom. The number of ether oxygens (including phenoxy) is 3. The molecule has 0 spiro atoms. The Hall–Kier alpha value is -2.30. The smallest absolute Gasteiger partial charge is 0.344 e. The fourth-order valence-electron chi connectivity index (χ4n) is 1.85. The van der Waals surface area contributed by atoms with Crippen LogP contribution < -0.4 is 9.47 Å². The van der Waals surface area contributed by atoms with E-state index >= 15 is 0 Å². The standard InChI is InChI=1S/C18H24O5/c1-7-13-8-14(10-19)17(15(9-13)22-12(2)3)21-11-16(20)23-18(4,5)6/h7-10,12H,1,11H2,2-6H3. The van der Waals surface area contributed by atoms with Crippen LogP contribution in [0.4, 0.5) is 0 Å². The van der Waals surface area contributed by atoms with Gasteiger partial charge in [-0.05, 0) is 52.3 Å². The van der Waals surface area contributed by atoms with E-state index in [1.54, 1.807) is 39.0 Å². The Bertz CT molecular complexity index is 582. The fraction of sp³-hybridized carbons (Fsp3) is 0.444. The molecule has 0 aromatic heterocycles. The van der Waals surface area contributed by atoms with Crippen molar-refractivity contribution in [1.29, 1.82) is 0 Å². The Morgan fingerprint density at radius 1 is 1.30 bits per heavy atom. The molecule has 0 saturated carbocycles. The van der Waals surface area contributed by atoms with Crippen LogP contribution in [0.1, 0.15) is 50.5 Å². The predicted octanol–water partition coefficient (Wildman–Crippen LogP) is 3.65. The molecule has 126 valence electrons. The van der Waals surface area contributed by atoms with Crippen molar-refractivity contribution < 1.29 is 23.8 Å². The Morgan fingerprint density at radius 2 is 1.96 bits per heavy atom. The van der Waals surface area contributed by atoms with Crippen molar-refractivity contribution in [3.63, 3.8) is 0 Å². The van der Waals surface area contributed by atoms with Crippen LogP contribution in [-0.4, -0.2) is 30.6 Å². The highest BCUT2D eigenvalue weighted by Gasteiger charge is 2.19. The maximum atomic E-state index is 11.8. The summed E-state index contributed by atoms with van der Waals surface area (Å²) in [6.45, 7) is 12.4. The number of carbonyl (C=O) groups is 2. The summed E-state index contributed by atoms with van der Waals surface area (Å²) < 4.78 is 16.4. The average Bonchev–Trinajstić information content (AvgIpc) is 2.42. The highest BCUT2D eigenvalue weighted by molar-refractivity contribution is 5.83. The van der Waals surface area contributed by atoms with Gasteiger partial charge in [-0.15, -0.1) is 0 Å². The maximum absolute atomic E-state index is 11.8. The zero-order valence-corrected chi connectivity index (χ0v) is 14.3.